The lowest BCUT2D eigenvalue weighted by Gasteiger charge is -2.07. The number of anilines is 1. The van der Waals surface area contributed by atoms with Crippen LogP contribution in [0.1, 0.15) is 15.9 Å². The second kappa shape index (κ2) is 6.20. The first-order valence-corrected chi connectivity index (χ1v) is 7.89. The van der Waals surface area contributed by atoms with Crippen molar-refractivity contribution in [2.75, 3.05) is 5.32 Å². The van der Waals surface area contributed by atoms with Gasteiger partial charge in [-0.15, -0.1) is 0 Å². The van der Waals surface area contributed by atoms with Gasteiger partial charge in [0.1, 0.15) is 0 Å². The number of hydrogen-bond donors (Lipinski definition) is 1. The third kappa shape index (κ3) is 3.12. The van der Waals surface area contributed by atoms with Crippen LogP contribution in [0.25, 0.3) is 22.7 Å². The van der Waals surface area contributed by atoms with Crippen LogP contribution in [0.2, 0.25) is 0 Å². The molecule has 0 saturated carbocycles. The van der Waals surface area contributed by atoms with Crippen LogP contribution in [0.4, 0.5) is 5.69 Å². The molecule has 0 aliphatic rings. The van der Waals surface area contributed by atoms with Crippen molar-refractivity contribution in [3.8, 4) is 11.5 Å². The highest BCUT2D eigenvalue weighted by Gasteiger charge is 2.11. The molecule has 1 N–H and O–H groups in total. The van der Waals surface area contributed by atoms with Crippen molar-refractivity contribution in [3.05, 3.63) is 78.0 Å². The third-order valence-corrected chi connectivity index (χ3v) is 3.81. The van der Waals surface area contributed by atoms with E-state index in [0.717, 1.165) is 11.1 Å². The number of oxazole rings is 1. The molecule has 0 aliphatic heterocycles. The van der Waals surface area contributed by atoms with E-state index < -0.39 is 0 Å². The summed E-state index contributed by atoms with van der Waals surface area (Å²) >= 11 is 0. The molecule has 5 nitrogen and oxygen atoms in total. The number of carbonyl (C=O) groups is 1. The van der Waals surface area contributed by atoms with Crippen molar-refractivity contribution in [1.82, 2.24) is 9.97 Å². The van der Waals surface area contributed by atoms with Crippen LogP contribution in [-0.2, 0) is 0 Å². The molecule has 2 heterocycles. The maximum Gasteiger partial charge on any atom is 0.255 e. The Morgan fingerprint density at radius 3 is 2.76 bits per heavy atom. The van der Waals surface area contributed by atoms with Crippen LogP contribution in [-0.4, -0.2) is 15.9 Å². The smallest absolute Gasteiger partial charge is 0.255 e. The summed E-state index contributed by atoms with van der Waals surface area (Å²) < 4.78 is 5.73. The molecule has 2 aromatic carbocycles. The summed E-state index contributed by atoms with van der Waals surface area (Å²) in [4.78, 5) is 20.9. The summed E-state index contributed by atoms with van der Waals surface area (Å²) in [6.07, 6.45) is 1.67. The standard InChI is InChI=1S/C20H15N3O2/c1-13-5-2-6-14(11-13)19(24)22-16-8-3-7-15(12-16)20-23-18-17(25-20)9-4-10-21-18/h2-12H,1H3,(H,22,24). The number of fused-ring (bicyclic) bond motifs is 1. The minimum absolute atomic E-state index is 0.153. The maximum absolute atomic E-state index is 12.4. The van der Waals surface area contributed by atoms with Gasteiger partial charge in [-0.25, -0.2) is 4.98 Å². The minimum Gasteiger partial charge on any atom is -0.434 e. The molecule has 0 aliphatic carbocycles. The number of hydrogen-bond acceptors (Lipinski definition) is 4. The Labute approximate surface area is 144 Å². The quantitative estimate of drug-likeness (QED) is 0.603. The van der Waals surface area contributed by atoms with E-state index in [0.29, 0.717) is 28.4 Å². The topological polar surface area (TPSA) is 68.0 Å². The fourth-order valence-corrected chi connectivity index (χ4v) is 2.61. The molecule has 0 saturated heterocycles. The molecule has 0 fully saturated rings. The molecule has 0 radical (unpaired) electrons. The minimum atomic E-state index is -0.153. The van der Waals surface area contributed by atoms with Gasteiger partial charge in [0.25, 0.3) is 5.91 Å². The normalized spacial score (nSPS) is 10.8. The van der Waals surface area contributed by atoms with Gasteiger partial charge in [-0.2, -0.15) is 4.98 Å². The second-order valence-corrected chi connectivity index (χ2v) is 5.75. The number of carbonyl (C=O) groups excluding carboxylic acids is 1. The highest BCUT2D eigenvalue weighted by atomic mass is 16.3. The number of nitrogens with one attached hydrogen (secondary N) is 1. The molecule has 4 aromatic rings. The van der Waals surface area contributed by atoms with Gasteiger partial charge in [-0.1, -0.05) is 23.8 Å². The van der Waals surface area contributed by atoms with E-state index in [2.05, 4.69) is 15.3 Å². The zero-order chi connectivity index (χ0) is 17.2. The zero-order valence-electron chi connectivity index (χ0n) is 13.6. The van der Waals surface area contributed by atoms with Crippen molar-refractivity contribution < 1.29 is 9.21 Å². The average Bonchev–Trinajstić information content (AvgIpc) is 3.06. The molecule has 0 atom stereocenters. The Morgan fingerprint density at radius 2 is 1.92 bits per heavy atom. The van der Waals surface area contributed by atoms with Gasteiger partial charge in [0, 0.05) is 23.0 Å². The molecule has 5 heteroatoms. The molecule has 25 heavy (non-hydrogen) atoms. The fourth-order valence-electron chi connectivity index (χ4n) is 2.61. The van der Waals surface area contributed by atoms with E-state index in [-0.39, 0.29) is 5.91 Å². The third-order valence-electron chi connectivity index (χ3n) is 3.81. The summed E-state index contributed by atoms with van der Waals surface area (Å²) in [5.74, 6) is 0.320. The van der Waals surface area contributed by atoms with Gasteiger partial charge in [-0.3, -0.25) is 4.79 Å². The maximum atomic E-state index is 12.4. The lowest BCUT2D eigenvalue weighted by atomic mass is 10.1. The van der Waals surface area contributed by atoms with Crippen molar-refractivity contribution in [2.24, 2.45) is 0 Å². The number of amides is 1. The first-order valence-electron chi connectivity index (χ1n) is 7.89. The number of rotatable bonds is 3. The van der Waals surface area contributed by atoms with E-state index in [1.54, 1.807) is 18.3 Å². The van der Waals surface area contributed by atoms with E-state index in [9.17, 15) is 4.79 Å². The molecule has 0 spiro atoms. The van der Waals surface area contributed by atoms with Crippen LogP contribution >= 0.6 is 0 Å². The second-order valence-electron chi connectivity index (χ2n) is 5.75. The van der Waals surface area contributed by atoms with Gasteiger partial charge < -0.3 is 9.73 Å². The van der Waals surface area contributed by atoms with Gasteiger partial charge in [0.2, 0.25) is 5.89 Å². The van der Waals surface area contributed by atoms with E-state index >= 15 is 0 Å². The molecule has 2 aromatic heterocycles. The molecule has 4 rings (SSSR count). The van der Waals surface area contributed by atoms with Crippen molar-refractivity contribution in [1.29, 1.82) is 0 Å². The SMILES string of the molecule is Cc1cccc(C(=O)Nc2cccc(-c3nc4ncccc4o3)c2)c1. The number of benzene rings is 2. The Bertz CT molecular complexity index is 1040. The fraction of sp³-hybridized carbons (Fsp3) is 0.0500. The highest BCUT2D eigenvalue weighted by molar-refractivity contribution is 6.04. The summed E-state index contributed by atoms with van der Waals surface area (Å²) in [5.41, 5.74) is 4.31. The monoisotopic (exact) mass is 329 g/mol. The van der Waals surface area contributed by atoms with E-state index in [4.69, 9.17) is 4.42 Å². The van der Waals surface area contributed by atoms with Gasteiger partial charge >= 0.3 is 0 Å². The average molecular weight is 329 g/mol. The van der Waals surface area contributed by atoms with Crippen LogP contribution in [0, 0.1) is 6.92 Å². The molecular formula is C20H15N3O2. The Morgan fingerprint density at radius 1 is 1.04 bits per heavy atom. The highest BCUT2D eigenvalue weighted by Crippen LogP contribution is 2.25. The summed E-state index contributed by atoms with van der Waals surface area (Å²) in [7, 11) is 0. The first-order chi connectivity index (χ1) is 12.2. The van der Waals surface area contributed by atoms with Gasteiger partial charge in [0.15, 0.2) is 11.2 Å². The molecular weight excluding hydrogens is 314 g/mol. The summed E-state index contributed by atoms with van der Waals surface area (Å²) in [6, 6.07) is 18.5. The van der Waals surface area contributed by atoms with E-state index in [1.807, 2.05) is 55.5 Å². The van der Waals surface area contributed by atoms with Gasteiger partial charge in [-0.05, 0) is 49.4 Å². The first kappa shape index (κ1) is 15.1. The number of aromatic nitrogens is 2. The molecule has 1 amide bonds. The van der Waals surface area contributed by atoms with Crippen LogP contribution < -0.4 is 5.32 Å². The lowest BCUT2D eigenvalue weighted by molar-refractivity contribution is 0.102. The molecule has 0 unspecified atom stereocenters. The number of pyridine rings is 1. The Kier molecular flexibility index (Phi) is 3.74. The Hall–Kier alpha value is -3.47. The van der Waals surface area contributed by atoms with E-state index in [1.165, 1.54) is 0 Å². The predicted octanol–water partition coefficient (Wildman–Crippen LogP) is 4.45. The van der Waals surface area contributed by atoms with Gasteiger partial charge in [0.05, 0.1) is 0 Å². The summed E-state index contributed by atoms with van der Waals surface area (Å²) in [5, 5.41) is 2.91. The van der Waals surface area contributed by atoms with Crippen molar-refractivity contribution in [3.63, 3.8) is 0 Å². The summed E-state index contributed by atoms with van der Waals surface area (Å²) in [6.45, 7) is 1.96. The van der Waals surface area contributed by atoms with Crippen LogP contribution in [0.3, 0.4) is 0 Å². The Balaban J connectivity index is 1.62. The largest absolute Gasteiger partial charge is 0.434 e. The van der Waals surface area contributed by atoms with Crippen molar-refractivity contribution >= 4 is 22.8 Å². The van der Waals surface area contributed by atoms with Crippen LogP contribution in [0.5, 0.6) is 0 Å². The molecule has 122 valence electrons. The lowest BCUT2D eigenvalue weighted by Crippen LogP contribution is -2.11. The number of nitrogens with zero attached hydrogens (tertiary/aromatic N) is 2. The van der Waals surface area contributed by atoms with Crippen LogP contribution in [0.15, 0.2) is 71.3 Å². The number of aryl methyl sites for hydroxylation is 1. The molecule has 0 bridgehead atoms. The zero-order valence-corrected chi connectivity index (χ0v) is 13.6. The predicted molar refractivity (Wildman–Crippen MR) is 96.4 cm³/mol. The van der Waals surface area contributed by atoms with Crippen molar-refractivity contribution in [2.45, 2.75) is 6.92 Å².